The van der Waals surface area contributed by atoms with Crippen molar-refractivity contribution in [1.82, 2.24) is 4.98 Å². The summed E-state index contributed by atoms with van der Waals surface area (Å²) in [5.41, 5.74) is -0.137. The van der Waals surface area contributed by atoms with E-state index in [2.05, 4.69) is 10.3 Å². The van der Waals surface area contributed by atoms with Crippen molar-refractivity contribution >= 4 is 23.4 Å². The number of rotatable bonds is 8. The van der Waals surface area contributed by atoms with Crippen molar-refractivity contribution in [1.29, 1.82) is 0 Å². The first-order chi connectivity index (χ1) is 8.65. The molecule has 0 saturated carbocycles. The Morgan fingerprint density at radius 1 is 1.28 bits per heavy atom. The molecule has 0 amide bonds. The van der Waals surface area contributed by atoms with Crippen LogP contribution in [0.2, 0.25) is 5.02 Å². The number of aliphatic hydroxyl groups is 1. The summed E-state index contributed by atoms with van der Waals surface area (Å²) in [4.78, 5) is 14.7. The summed E-state index contributed by atoms with van der Waals surface area (Å²) in [6, 6.07) is 3.18. The molecule has 18 heavy (non-hydrogen) atoms. The molecule has 0 atom stereocenters. The second-order valence-corrected chi connectivity index (χ2v) is 4.30. The van der Waals surface area contributed by atoms with E-state index in [0.717, 1.165) is 32.2 Å². The minimum absolute atomic E-state index is 0.135. The Balaban J connectivity index is 2.38. The first-order valence-corrected chi connectivity index (χ1v) is 6.27. The third-order valence-electron chi connectivity index (χ3n) is 2.44. The Labute approximate surface area is 111 Å². The Morgan fingerprint density at radius 2 is 2.00 bits per heavy atom. The molecule has 0 spiro atoms. The smallest absolute Gasteiger partial charge is 0.356 e. The van der Waals surface area contributed by atoms with E-state index in [4.69, 9.17) is 21.8 Å². The zero-order valence-electron chi connectivity index (χ0n) is 10.0. The molecule has 0 bridgehead atoms. The minimum Gasteiger partial charge on any atom is -0.476 e. The van der Waals surface area contributed by atoms with Crippen molar-refractivity contribution < 1.29 is 15.0 Å². The lowest BCUT2D eigenvalue weighted by molar-refractivity contribution is 0.0691. The van der Waals surface area contributed by atoms with E-state index in [1.54, 1.807) is 6.07 Å². The molecule has 0 aromatic carbocycles. The number of carboxylic acids is 1. The maximum atomic E-state index is 10.8. The first kappa shape index (κ1) is 14.7. The summed E-state index contributed by atoms with van der Waals surface area (Å²) in [5.74, 6) is -0.620. The molecule has 100 valence electrons. The molecule has 5 nitrogen and oxygen atoms in total. The lowest BCUT2D eigenvalue weighted by Gasteiger charge is -2.06. The summed E-state index contributed by atoms with van der Waals surface area (Å²) in [7, 11) is 0. The van der Waals surface area contributed by atoms with E-state index in [1.807, 2.05) is 0 Å². The van der Waals surface area contributed by atoms with Crippen LogP contribution >= 0.6 is 11.6 Å². The van der Waals surface area contributed by atoms with Gasteiger partial charge in [-0.05, 0) is 25.0 Å². The van der Waals surface area contributed by atoms with Gasteiger partial charge in [-0.2, -0.15) is 0 Å². The lowest BCUT2D eigenvalue weighted by Crippen LogP contribution is -2.07. The first-order valence-electron chi connectivity index (χ1n) is 5.89. The third kappa shape index (κ3) is 4.89. The average molecular weight is 273 g/mol. The van der Waals surface area contributed by atoms with Crippen LogP contribution in [0.5, 0.6) is 0 Å². The lowest BCUT2D eigenvalue weighted by atomic mass is 10.2. The van der Waals surface area contributed by atoms with Crippen LogP contribution in [0.15, 0.2) is 12.1 Å². The second kappa shape index (κ2) is 7.89. The fraction of sp³-hybridized carbons (Fsp3) is 0.500. The van der Waals surface area contributed by atoms with Crippen molar-refractivity contribution in [3.8, 4) is 0 Å². The Morgan fingerprint density at radius 3 is 2.67 bits per heavy atom. The Kier molecular flexibility index (Phi) is 6.46. The predicted octanol–water partition coefficient (Wildman–Crippen LogP) is 2.40. The number of pyridine rings is 1. The van der Waals surface area contributed by atoms with Gasteiger partial charge >= 0.3 is 5.97 Å². The topological polar surface area (TPSA) is 82.5 Å². The van der Waals surface area contributed by atoms with Gasteiger partial charge in [-0.25, -0.2) is 9.78 Å². The molecule has 0 aliphatic carbocycles. The highest BCUT2D eigenvalue weighted by Gasteiger charge is 2.10. The number of halogens is 1. The van der Waals surface area contributed by atoms with Crippen molar-refractivity contribution in [3.63, 3.8) is 0 Å². The fourth-order valence-corrected chi connectivity index (χ4v) is 1.68. The largest absolute Gasteiger partial charge is 0.476 e. The predicted molar refractivity (Wildman–Crippen MR) is 70.2 cm³/mol. The second-order valence-electron chi connectivity index (χ2n) is 3.90. The van der Waals surface area contributed by atoms with Crippen LogP contribution in [0.3, 0.4) is 0 Å². The average Bonchev–Trinajstić information content (AvgIpc) is 2.35. The minimum atomic E-state index is -1.13. The normalized spacial score (nSPS) is 10.3. The van der Waals surface area contributed by atoms with Crippen molar-refractivity contribution in [3.05, 3.63) is 22.8 Å². The Hall–Kier alpha value is -1.33. The van der Waals surface area contributed by atoms with Crippen LogP contribution in [-0.4, -0.2) is 34.3 Å². The van der Waals surface area contributed by atoms with Crippen LogP contribution in [0.25, 0.3) is 0 Å². The van der Waals surface area contributed by atoms with Crippen LogP contribution < -0.4 is 5.32 Å². The summed E-state index contributed by atoms with van der Waals surface area (Å²) >= 11 is 5.71. The number of anilines is 1. The summed E-state index contributed by atoms with van der Waals surface area (Å²) in [5, 5.41) is 20.7. The zero-order valence-corrected chi connectivity index (χ0v) is 10.8. The number of hydrogen-bond donors (Lipinski definition) is 3. The zero-order chi connectivity index (χ0) is 13.4. The monoisotopic (exact) mass is 272 g/mol. The molecule has 1 aromatic rings. The maximum Gasteiger partial charge on any atom is 0.356 e. The molecule has 1 rings (SSSR count). The maximum absolute atomic E-state index is 10.8. The van der Waals surface area contributed by atoms with E-state index < -0.39 is 5.97 Å². The number of aromatic nitrogens is 1. The fourth-order valence-electron chi connectivity index (χ4n) is 1.50. The summed E-state index contributed by atoms with van der Waals surface area (Å²) < 4.78 is 0. The molecule has 0 aliphatic rings. The number of carboxylic acid groups (broad SMARTS) is 1. The van der Waals surface area contributed by atoms with Crippen LogP contribution in [-0.2, 0) is 0 Å². The number of aliphatic hydroxyl groups excluding tert-OH is 1. The van der Waals surface area contributed by atoms with Crippen LogP contribution in [0.4, 0.5) is 5.82 Å². The molecule has 0 aliphatic heterocycles. The van der Waals surface area contributed by atoms with Crippen molar-refractivity contribution in [2.45, 2.75) is 25.7 Å². The number of nitrogens with zero attached hydrogens (tertiary/aromatic N) is 1. The molecule has 1 aromatic heterocycles. The summed E-state index contributed by atoms with van der Waals surface area (Å²) in [6.07, 6.45) is 3.79. The molecule has 6 heteroatoms. The van der Waals surface area contributed by atoms with Gasteiger partial charge in [-0.15, -0.1) is 0 Å². The van der Waals surface area contributed by atoms with Gasteiger partial charge in [0.25, 0.3) is 0 Å². The Bertz CT molecular complexity index is 399. The van der Waals surface area contributed by atoms with Crippen molar-refractivity contribution in [2.24, 2.45) is 0 Å². The van der Waals surface area contributed by atoms with Gasteiger partial charge < -0.3 is 15.5 Å². The highest BCUT2D eigenvalue weighted by Crippen LogP contribution is 2.16. The third-order valence-corrected chi connectivity index (χ3v) is 2.74. The molecule has 1 heterocycles. The quantitative estimate of drug-likeness (QED) is 0.633. The van der Waals surface area contributed by atoms with E-state index in [1.165, 1.54) is 6.07 Å². The van der Waals surface area contributed by atoms with E-state index in [-0.39, 0.29) is 17.3 Å². The van der Waals surface area contributed by atoms with E-state index in [0.29, 0.717) is 5.82 Å². The highest BCUT2D eigenvalue weighted by molar-refractivity contribution is 6.33. The van der Waals surface area contributed by atoms with Gasteiger partial charge in [-0.3, -0.25) is 0 Å². The molecular formula is C12H17ClN2O3. The van der Waals surface area contributed by atoms with Gasteiger partial charge in [0.2, 0.25) is 0 Å². The molecule has 0 saturated heterocycles. The highest BCUT2D eigenvalue weighted by atomic mass is 35.5. The molecular weight excluding hydrogens is 256 g/mol. The van der Waals surface area contributed by atoms with Gasteiger partial charge in [0.15, 0.2) is 5.69 Å². The standard InChI is InChI=1S/C12H17ClN2O3/c13-9-5-6-10(15-11(9)12(17)18)14-7-3-1-2-4-8-16/h5-6,16H,1-4,7-8H2,(H,14,15)(H,17,18). The summed E-state index contributed by atoms with van der Waals surface area (Å²) in [6.45, 7) is 0.952. The van der Waals surface area contributed by atoms with Crippen LogP contribution in [0.1, 0.15) is 36.2 Å². The number of carbonyl (C=O) groups is 1. The van der Waals surface area contributed by atoms with Gasteiger partial charge in [0.1, 0.15) is 5.82 Å². The number of unbranched alkanes of at least 4 members (excludes halogenated alkanes) is 3. The van der Waals surface area contributed by atoms with Gasteiger partial charge in [-0.1, -0.05) is 24.4 Å². The van der Waals surface area contributed by atoms with Gasteiger partial charge in [0.05, 0.1) is 5.02 Å². The SMILES string of the molecule is O=C(O)c1nc(NCCCCCCO)ccc1Cl. The van der Waals surface area contributed by atoms with Gasteiger partial charge in [0, 0.05) is 13.2 Å². The van der Waals surface area contributed by atoms with E-state index >= 15 is 0 Å². The molecule has 0 fully saturated rings. The number of nitrogens with one attached hydrogen (secondary N) is 1. The number of aromatic carboxylic acids is 1. The number of hydrogen-bond acceptors (Lipinski definition) is 4. The van der Waals surface area contributed by atoms with Crippen molar-refractivity contribution in [2.75, 3.05) is 18.5 Å². The molecule has 0 unspecified atom stereocenters. The van der Waals surface area contributed by atoms with Crippen LogP contribution in [0, 0.1) is 0 Å². The molecule has 3 N–H and O–H groups in total. The molecule has 0 radical (unpaired) electrons. The van der Waals surface area contributed by atoms with E-state index in [9.17, 15) is 4.79 Å².